The summed E-state index contributed by atoms with van der Waals surface area (Å²) < 4.78 is 0. The number of aryl methyl sites for hydroxylation is 1. The van der Waals surface area contributed by atoms with Crippen LogP contribution in [0.4, 0.5) is 5.69 Å². The Labute approximate surface area is 131 Å². The fraction of sp³-hybridized carbons (Fsp3) is 0.556. The minimum Gasteiger partial charge on any atom is -0.481 e. The molecule has 1 atom stereocenters. The number of hydrogen-bond acceptors (Lipinski definition) is 2. The van der Waals surface area contributed by atoms with Gasteiger partial charge in [0.05, 0.1) is 5.92 Å². The van der Waals surface area contributed by atoms with Crippen LogP contribution in [0.25, 0.3) is 0 Å². The van der Waals surface area contributed by atoms with Gasteiger partial charge in [0.25, 0.3) is 0 Å². The molecule has 4 heteroatoms. The van der Waals surface area contributed by atoms with Crippen molar-refractivity contribution in [2.75, 3.05) is 11.4 Å². The van der Waals surface area contributed by atoms with Gasteiger partial charge in [0.2, 0.25) is 5.91 Å². The van der Waals surface area contributed by atoms with Gasteiger partial charge in [-0.1, -0.05) is 25.0 Å². The quantitative estimate of drug-likeness (QED) is 0.931. The monoisotopic (exact) mass is 301 g/mol. The van der Waals surface area contributed by atoms with E-state index in [-0.39, 0.29) is 12.3 Å². The molecular weight excluding hydrogens is 278 g/mol. The Hall–Kier alpha value is -1.84. The Kier molecular flexibility index (Phi) is 3.94. The minimum atomic E-state index is -0.877. The maximum absolute atomic E-state index is 12.3. The predicted molar refractivity (Wildman–Crippen MR) is 85.2 cm³/mol. The number of carboxylic acid groups (broad SMARTS) is 1. The zero-order valence-corrected chi connectivity index (χ0v) is 13.3. The molecule has 1 heterocycles. The van der Waals surface area contributed by atoms with Crippen LogP contribution in [0.3, 0.4) is 0 Å². The van der Waals surface area contributed by atoms with Crippen molar-refractivity contribution in [1.29, 1.82) is 0 Å². The smallest absolute Gasteiger partial charge is 0.308 e. The zero-order chi connectivity index (χ0) is 15.9. The number of nitrogens with zero attached hydrogens (tertiary/aromatic N) is 1. The van der Waals surface area contributed by atoms with Crippen molar-refractivity contribution in [3.63, 3.8) is 0 Å². The third-order valence-corrected chi connectivity index (χ3v) is 5.21. The second-order valence-corrected chi connectivity index (χ2v) is 6.67. The number of amides is 1. The molecule has 4 nitrogen and oxygen atoms in total. The van der Waals surface area contributed by atoms with Gasteiger partial charge in [-0.3, -0.25) is 9.59 Å². The van der Waals surface area contributed by atoms with Gasteiger partial charge in [-0.05, 0) is 49.3 Å². The maximum atomic E-state index is 12.3. The van der Waals surface area contributed by atoms with E-state index in [2.05, 4.69) is 19.1 Å². The van der Waals surface area contributed by atoms with Gasteiger partial charge in [0.1, 0.15) is 0 Å². The van der Waals surface area contributed by atoms with Gasteiger partial charge in [0, 0.05) is 18.7 Å². The Balaban J connectivity index is 1.98. The lowest BCUT2D eigenvalue weighted by Gasteiger charge is -2.25. The molecule has 0 spiro atoms. The molecule has 1 saturated carbocycles. The average Bonchev–Trinajstić information content (AvgIpc) is 3.09. The first kappa shape index (κ1) is 15.1. The molecule has 0 radical (unpaired) electrons. The Bertz CT molecular complexity index is 617. The molecule has 2 fully saturated rings. The van der Waals surface area contributed by atoms with Crippen molar-refractivity contribution < 1.29 is 14.7 Å². The van der Waals surface area contributed by atoms with Crippen molar-refractivity contribution in [2.24, 2.45) is 5.92 Å². The molecule has 1 unspecified atom stereocenters. The summed E-state index contributed by atoms with van der Waals surface area (Å²) in [6, 6.07) is 4.27. The SMILES string of the molecule is Cc1ccc(C2CCCC2)c(C)c1N1CC(C(=O)O)CC1=O. The third kappa shape index (κ3) is 2.51. The fourth-order valence-corrected chi connectivity index (χ4v) is 4.03. The van der Waals surface area contributed by atoms with E-state index in [9.17, 15) is 14.7 Å². The molecule has 0 bridgehead atoms. The summed E-state index contributed by atoms with van der Waals surface area (Å²) >= 11 is 0. The summed E-state index contributed by atoms with van der Waals surface area (Å²) in [5.74, 6) is -0.936. The Morgan fingerprint density at radius 2 is 1.91 bits per heavy atom. The molecule has 1 aliphatic carbocycles. The molecule has 0 aromatic heterocycles. The zero-order valence-electron chi connectivity index (χ0n) is 13.3. The highest BCUT2D eigenvalue weighted by molar-refractivity contribution is 6.00. The summed E-state index contributed by atoms with van der Waals surface area (Å²) in [5, 5.41) is 9.18. The molecule has 3 rings (SSSR count). The van der Waals surface area contributed by atoms with Crippen LogP contribution in [-0.2, 0) is 9.59 Å². The van der Waals surface area contributed by atoms with Gasteiger partial charge < -0.3 is 10.0 Å². The van der Waals surface area contributed by atoms with Crippen LogP contribution in [0.5, 0.6) is 0 Å². The van der Waals surface area contributed by atoms with E-state index in [1.807, 2.05) is 6.92 Å². The summed E-state index contributed by atoms with van der Waals surface area (Å²) in [6.07, 6.45) is 5.10. The van der Waals surface area contributed by atoms with Crippen molar-refractivity contribution in [3.8, 4) is 0 Å². The molecule has 2 aliphatic rings. The highest BCUT2D eigenvalue weighted by Gasteiger charge is 2.36. The van der Waals surface area contributed by atoms with Crippen molar-refractivity contribution in [2.45, 2.75) is 51.9 Å². The lowest BCUT2D eigenvalue weighted by molar-refractivity contribution is -0.141. The second-order valence-electron chi connectivity index (χ2n) is 6.67. The number of anilines is 1. The van der Waals surface area contributed by atoms with E-state index < -0.39 is 11.9 Å². The maximum Gasteiger partial charge on any atom is 0.308 e. The molecule has 1 saturated heterocycles. The summed E-state index contributed by atoms with van der Waals surface area (Å²) in [4.78, 5) is 25.2. The van der Waals surface area contributed by atoms with Crippen molar-refractivity contribution in [3.05, 3.63) is 28.8 Å². The van der Waals surface area contributed by atoms with E-state index in [0.29, 0.717) is 12.5 Å². The summed E-state index contributed by atoms with van der Waals surface area (Å²) in [7, 11) is 0. The Morgan fingerprint density at radius 3 is 2.50 bits per heavy atom. The van der Waals surface area contributed by atoms with Gasteiger partial charge in [-0.15, -0.1) is 0 Å². The van der Waals surface area contributed by atoms with Crippen LogP contribution < -0.4 is 4.90 Å². The van der Waals surface area contributed by atoms with Crippen LogP contribution in [0.2, 0.25) is 0 Å². The molecule has 1 aromatic rings. The van der Waals surface area contributed by atoms with E-state index in [1.165, 1.54) is 31.2 Å². The predicted octanol–water partition coefficient (Wildman–Crippen LogP) is 3.40. The number of carboxylic acids is 1. The normalized spacial score (nSPS) is 22.5. The van der Waals surface area contributed by atoms with Crippen LogP contribution in [-0.4, -0.2) is 23.5 Å². The van der Waals surface area contributed by atoms with Gasteiger partial charge >= 0.3 is 5.97 Å². The van der Waals surface area contributed by atoms with Crippen LogP contribution in [0.1, 0.15) is 54.7 Å². The van der Waals surface area contributed by atoms with E-state index in [1.54, 1.807) is 4.90 Å². The summed E-state index contributed by atoms with van der Waals surface area (Å²) in [5.41, 5.74) is 4.49. The molecule has 1 aliphatic heterocycles. The van der Waals surface area contributed by atoms with Crippen molar-refractivity contribution >= 4 is 17.6 Å². The highest BCUT2D eigenvalue weighted by atomic mass is 16.4. The second kappa shape index (κ2) is 5.75. The first-order valence-corrected chi connectivity index (χ1v) is 8.12. The van der Waals surface area contributed by atoms with E-state index in [0.717, 1.165) is 16.8 Å². The molecule has 118 valence electrons. The third-order valence-electron chi connectivity index (χ3n) is 5.21. The number of carbonyl (C=O) groups is 2. The Morgan fingerprint density at radius 1 is 1.23 bits per heavy atom. The lowest BCUT2D eigenvalue weighted by Crippen LogP contribution is -2.27. The topological polar surface area (TPSA) is 57.6 Å². The number of carbonyl (C=O) groups excluding carboxylic acids is 1. The standard InChI is InChI=1S/C18H23NO3/c1-11-7-8-15(13-5-3-4-6-13)12(2)17(11)19-10-14(18(21)22)9-16(19)20/h7-8,13-14H,3-6,9-10H2,1-2H3,(H,21,22). The summed E-state index contributed by atoms with van der Waals surface area (Å²) in [6.45, 7) is 4.38. The molecule has 22 heavy (non-hydrogen) atoms. The highest BCUT2D eigenvalue weighted by Crippen LogP contribution is 2.40. The number of aliphatic carboxylic acids is 1. The first-order chi connectivity index (χ1) is 10.5. The largest absolute Gasteiger partial charge is 0.481 e. The van der Waals surface area contributed by atoms with Crippen LogP contribution in [0.15, 0.2) is 12.1 Å². The molecule has 1 amide bonds. The van der Waals surface area contributed by atoms with Crippen LogP contribution in [0, 0.1) is 19.8 Å². The number of hydrogen-bond donors (Lipinski definition) is 1. The van der Waals surface area contributed by atoms with Gasteiger partial charge in [0.15, 0.2) is 0 Å². The van der Waals surface area contributed by atoms with Crippen molar-refractivity contribution in [1.82, 2.24) is 0 Å². The van der Waals surface area contributed by atoms with Crippen LogP contribution >= 0.6 is 0 Å². The average molecular weight is 301 g/mol. The van der Waals surface area contributed by atoms with E-state index in [4.69, 9.17) is 0 Å². The minimum absolute atomic E-state index is 0.0674. The van der Waals surface area contributed by atoms with Gasteiger partial charge in [-0.2, -0.15) is 0 Å². The molecule has 1 aromatic carbocycles. The number of rotatable bonds is 3. The number of benzene rings is 1. The van der Waals surface area contributed by atoms with E-state index >= 15 is 0 Å². The fourth-order valence-electron chi connectivity index (χ4n) is 4.03. The molecule has 1 N–H and O–H groups in total. The molecular formula is C18H23NO3. The first-order valence-electron chi connectivity index (χ1n) is 8.12. The lowest BCUT2D eigenvalue weighted by atomic mass is 9.90. The van der Waals surface area contributed by atoms with Gasteiger partial charge in [-0.25, -0.2) is 0 Å².